The number of hydrogen-bond acceptors (Lipinski definition) is 6. The number of benzene rings is 2. The van der Waals surface area contributed by atoms with E-state index in [1.807, 2.05) is 65.7 Å². The summed E-state index contributed by atoms with van der Waals surface area (Å²) >= 11 is 0. The van der Waals surface area contributed by atoms with E-state index in [-0.39, 0.29) is 18.4 Å². The van der Waals surface area contributed by atoms with Crippen LogP contribution in [0.1, 0.15) is 24.5 Å². The standard InChI is InChI=1S/C29H26N4O3/c34-29(26-19-35-24-10-4-5-11-25(24)36-26)33-16-6-9-22(18-33)27-23(20-7-2-1-3-8-20)17-31-28(32-27)21-12-14-30-15-13-21/h1-5,7-8,10-15,17,22,26H,6,9,16,18-19H2/t22-,26-/m1/s1. The van der Waals surface area contributed by atoms with Crippen LogP contribution in [0.5, 0.6) is 11.5 Å². The highest BCUT2D eigenvalue weighted by Gasteiger charge is 2.35. The molecule has 1 fully saturated rings. The minimum atomic E-state index is -0.648. The van der Waals surface area contributed by atoms with Crippen LogP contribution in [0.4, 0.5) is 0 Å². The average Bonchev–Trinajstić information content (AvgIpc) is 2.97. The fourth-order valence-corrected chi connectivity index (χ4v) is 4.93. The molecule has 6 rings (SSSR count). The lowest BCUT2D eigenvalue weighted by atomic mass is 9.89. The van der Waals surface area contributed by atoms with Gasteiger partial charge in [-0.1, -0.05) is 42.5 Å². The molecule has 0 unspecified atom stereocenters. The molecule has 0 N–H and O–H groups in total. The quantitative estimate of drug-likeness (QED) is 0.421. The number of carbonyl (C=O) groups is 1. The molecule has 2 atom stereocenters. The van der Waals surface area contributed by atoms with Gasteiger partial charge >= 0.3 is 0 Å². The Morgan fingerprint density at radius 1 is 0.917 bits per heavy atom. The molecule has 2 aromatic carbocycles. The largest absolute Gasteiger partial charge is 0.485 e. The summed E-state index contributed by atoms with van der Waals surface area (Å²) in [5.41, 5.74) is 3.95. The molecule has 4 heterocycles. The highest BCUT2D eigenvalue weighted by Crippen LogP contribution is 2.36. The lowest BCUT2D eigenvalue weighted by Gasteiger charge is -2.36. The van der Waals surface area contributed by atoms with Gasteiger partial charge in [-0.3, -0.25) is 9.78 Å². The van der Waals surface area contributed by atoms with E-state index in [1.165, 1.54) is 0 Å². The number of ether oxygens (including phenoxy) is 2. The Hall–Kier alpha value is -4.26. The van der Waals surface area contributed by atoms with Gasteiger partial charge in [0.15, 0.2) is 17.3 Å². The van der Waals surface area contributed by atoms with Crippen molar-refractivity contribution in [2.24, 2.45) is 0 Å². The lowest BCUT2D eigenvalue weighted by Crippen LogP contribution is -2.49. The van der Waals surface area contributed by atoms with Crippen molar-refractivity contribution in [2.45, 2.75) is 24.9 Å². The van der Waals surface area contributed by atoms with Gasteiger partial charge in [-0.05, 0) is 42.7 Å². The molecule has 1 saturated heterocycles. The first kappa shape index (κ1) is 22.2. The maximum absolute atomic E-state index is 13.5. The second-order valence-electron chi connectivity index (χ2n) is 9.08. The number of aromatic nitrogens is 3. The van der Waals surface area contributed by atoms with Crippen molar-refractivity contribution in [1.29, 1.82) is 0 Å². The normalized spacial score (nSPS) is 19.1. The molecule has 0 saturated carbocycles. The molecule has 0 aliphatic carbocycles. The van der Waals surface area contributed by atoms with E-state index in [1.54, 1.807) is 12.4 Å². The van der Waals surface area contributed by atoms with Crippen molar-refractivity contribution >= 4 is 5.91 Å². The lowest BCUT2D eigenvalue weighted by molar-refractivity contribution is -0.142. The fraction of sp³-hybridized carbons (Fsp3) is 0.241. The summed E-state index contributed by atoms with van der Waals surface area (Å²) in [6, 6.07) is 21.5. The number of piperidine rings is 1. The van der Waals surface area contributed by atoms with Crippen LogP contribution in [0.15, 0.2) is 85.3 Å². The van der Waals surface area contributed by atoms with E-state index in [2.05, 4.69) is 22.1 Å². The van der Waals surface area contributed by atoms with Crippen LogP contribution < -0.4 is 9.47 Å². The molecule has 36 heavy (non-hydrogen) atoms. The van der Waals surface area contributed by atoms with Gasteiger partial charge in [0.2, 0.25) is 6.10 Å². The zero-order valence-electron chi connectivity index (χ0n) is 19.8. The molecule has 7 heteroatoms. The van der Waals surface area contributed by atoms with Crippen molar-refractivity contribution in [3.8, 4) is 34.0 Å². The van der Waals surface area contributed by atoms with E-state index < -0.39 is 6.10 Å². The first-order valence-corrected chi connectivity index (χ1v) is 12.3. The third-order valence-corrected chi connectivity index (χ3v) is 6.75. The molecule has 0 spiro atoms. The minimum absolute atomic E-state index is 0.0427. The van der Waals surface area contributed by atoms with Gasteiger partial charge in [0, 0.05) is 48.7 Å². The predicted octanol–water partition coefficient (Wildman–Crippen LogP) is 4.75. The summed E-state index contributed by atoms with van der Waals surface area (Å²) < 4.78 is 11.8. The topological polar surface area (TPSA) is 77.4 Å². The second-order valence-corrected chi connectivity index (χ2v) is 9.08. The number of nitrogens with zero attached hydrogens (tertiary/aromatic N) is 4. The molecule has 2 aliphatic rings. The molecular weight excluding hydrogens is 452 g/mol. The summed E-state index contributed by atoms with van der Waals surface area (Å²) in [6.45, 7) is 1.48. The summed E-state index contributed by atoms with van der Waals surface area (Å²) in [6.07, 6.45) is 6.59. The van der Waals surface area contributed by atoms with Gasteiger partial charge in [-0.2, -0.15) is 0 Å². The number of carbonyl (C=O) groups excluding carboxylic acids is 1. The molecule has 180 valence electrons. The molecule has 1 amide bonds. The summed E-state index contributed by atoms with van der Waals surface area (Å²) in [7, 11) is 0. The summed E-state index contributed by atoms with van der Waals surface area (Å²) in [4.78, 5) is 29.2. The molecule has 2 aromatic heterocycles. The Kier molecular flexibility index (Phi) is 6.03. The van der Waals surface area contributed by atoms with Crippen LogP contribution in [-0.2, 0) is 4.79 Å². The van der Waals surface area contributed by atoms with E-state index in [4.69, 9.17) is 14.5 Å². The molecule has 0 bridgehead atoms. The SMILES string of the molecule is O=C([C@H]1COc2ccccc2O1)N1CCC[C@@H](c2nc(-c3ccncc3)ncc2-c2ccccc2)C1. The Morgan fingerprint density at radius 3 is 2.53 bits per heavy atom. The van der Waals surface area contributed by atoms with E-state index in [0.717, 1.165) is 35.2 Å². The second kappa shape index (κ2) is 9.77. The fourth-order valence-electron chi connectivity index (χ4n) is 4.93. The van der Waals surface area contributed by atoms with E-state index in [9.17, 15) is 4.79 Å². The van der Waals surface area contributed by atoms with Crippen LogP contribution in [0.25, 0.3) is 22.5 Å². The van der Waals surface area contributed by atoms with Gasteiger partial charge in [0.1, 0.15) is 6.61 Å². The van der Waals surface area contributed by atoms with Gasteiger partial charge in [0.05, 0.1) is 5.69 Å². The molecular formula is C29H26N4O3. The first-order valence-electron chi connectivity index (χ1n) is 12.3. The van der Waals surface area contributed by atoms with Crippen LogP contribution in [0, 0.1) is 0 Å². The van der Waals surface area contributed by atoms with Crippen molar-refractivity contribution in [3.05, 3.63) is 91.0 Å². The Labute approximate surface area is 209 Å². The monoisotopic (exact) mass is 478 g/mol. The smallest absolute Gasteiger partial charge is 0.267 e. The Balaban J connectivity index is 1.29. The van der Waals surface area contributed by atoms with Crippen molar-refractivity contribution in [2.75, 3.05) is 19.7 Å². The van der Waals surface area contributed by atoms with Crippen molar-refractivity contribution in [1.82, 2.24) is 19.9 Å². The number of para-hydroxylation sites is 2. The van der Waals surface area contributed by atoms with Crippen molar-refractivity contribution < 1.29 is 14.3 Å². The Bertz CT molecular complexity index is 1360. The molecule has 0 radical (unpaired) electrons. The zero-order valence-corrected chi connectivity index (χ0v) is 19.8. The molecule has 2 aliphatic heterocycles. The maximum atomic E-state index is 13.5. The number of amides is 1. The number of likely N-dealkylation sites (tertiary alicyclic amines) is 1. The maximum Gasteiger partial charge on any atom is 0.267 e. The minimum Gasteiger partial charge on any atom is -0.485 e. The highest BCUT2D eigenvalue weighted by molar-refractivity contribution is 5.82. The Morgan fingerprint density at radius 2 is 1.69 bits per heavy atom. The van der Waals surface area contributed by atoms with Crippen molar-refractivity contribution in [3.63, 3.8) is 0 Å². The predicted molar refractivity (Wildman–Crippen MR) is 136 cm³/mol. The van der Waals surface area contributed by atoms with Crippen LogP contribution in [-0.4, -0.2) is 51.6 Å². The zero-order chi connectivity index (χ0) is 24.3. The highest BCUT2D eigenvalue weighted by atomic mass is 16.6. The van der Waals surface area contributed by atoms with Gasteiger partial charge in [0.25, 0.3) is 5.91 Å². The third-order valence-electron chi connectivity index (χ3n) is 6.75. The van der Waals surface area contributed by atoms with Crippen LogP contribution >= 0.6 is 0 Å². The number of fused-ring (bicyclic) bond motifs is 1. The van der Waals surface area contributed by atoms with Crippen LogP contribution in [0.3, 0.4) is 0 Å². The molecule has 7 nitrogen and oxygen atoms in total. The number of pyridine rings is 1. The van der Waals surface area contributed by atoms with Crippen LogP contribution in [0.2, 0.25) is 0 Å². The molecule has 4 aromatic rings. The summed E-state index contributed by atoms with van der Waals surface area (Å²) in [5.74, 6) is 1.99. The number of rotatable bonds is 4. The van der Waals surface area contributed by atoms with Gasteiger partial charge < -0.3 is 14.4 Å². The average molecular weight is 479 g/mol. The van der Waals surface area contributed by atoms with E-state index in [0.29, 0.717) is 30.4 Å². The van der Waals surface area contributed by atoms with Gasteiger partial charge in [-0.15, -0.1) is 0 Å². The van der Waals surface area contributed by atoms with E-state index >= 15 is 0 Å². The van der Waals surface area contributed by atoms with Gasteiger partial charge in [-0.25, -0.2) is 9.97 Å². The first-order chi connectivity index (χ1) is 17.8. The number of hydrogen-bond donors (Lipinski definition) is 0. The third kappa shape index (κ3) is 4.40. The summed E-state index contributed by atoms with van der Waals surface area (Å²) in [5, 5.41) is 0.